The molecule has 3 N–H and O–H groups in total. The van der Waals surface area contributed by atoms with Crippen LogP contribution in [0.15, 0.2) is 47.6 Å². The molecule has 59 heavy (non-hydrogen) atoms. The van der Waals surface area contributed by atoms with Crippen LogP contribution in [0, 0.1) is 53.3 Å². The lowest BCUT2D eigenvalue weighted by Crippen LogP contribution is -2.41. The molecule has 344 valence electrons. The molecule has 4 rings (SSSR count). The van der Waals surface area contributed by atoms with Gasteiger partial charge in [0.2, 0.25) is 0 Å². The first kappa shape index (κ1) is 53.7. The topological polar surface area (TPSA) is 125 Å². The third-order valence-electron chi connectivity index (χ3n) is 14.1. The van der Waals surface area contributed by atoms with Crippen LogP contribution in [0.2, 0.25) is 0 Å². The van der Waals surface area contributed by atoms with Crippen molar-refractivity contribution in [3.8, 4) is 0 Å². The number of aliphatic hydroxyl groups excluding tert-OH is 3. The van der Waals surface area contributed by atoms with Crippen LogP contribution >= 0.6 is 0 Å². The number of aliphatic hydroxyl groups is 3. The maximum Gasteiger partial charge on any atom is 0.158 e. The van der Waals surface area contributed by atoms with Crippen molar-refractivity contribution in [1.29, 1.82) is 0 Å². The Hall–Kier alpha value is -1.44. The van der Waals surface area contributed by atoms with Crippen LogP contribution < -0.4 is 0 Å². The highest BCUT2D eigenvalue weighted by Gasteiger charge is 2.55. The molecular formula is C49H88O10. The molecule has 4 fully saturated rings. The van der Waals surface area contributed by atoms with Gasteiger partial charge in [-0.2, -0.15) is 0 Å². The van der Waals surface area contributed by atoms with Crippen molar-refractivity contribution in [3.05, 3.63) is 47.6 Å². The van der Waals surface area contributed by atoms with Gasteiger partial charge < -0.3 is 48.5 Å². The third-order valence-corrected chi connectivity index (χ3v) is 14.1. The molecule has 10 nitrogen and oxygen atoms in total. The number of hydrogen-bond acceptors (Lipinski definition) is 10. The minimum atomic E-state index is -0.308. The summed E-state index contributed by atoms with van der Waals surface area (Å²) in [5.41, 5.74) is 2.29. The smallest absolute Gasteiger partial charge is 0.158 e. The van der Waals surface area contributed by atoms with Crippen LogP contribution in [-0.2, 0) is 33.2 Å². The van der Waals surface area contributed by atoms with Crippen LogP contribution in [0.5, 0.6) is 0 Å². The summed E-state index contributed by atoms with van der Waals surface area (Å²) in [6, 6.07) is 0. The first-order valence-corrected chi connectivity index (χ1v) is 22.7. The average molecular weight is 837 g/mol. The van der Waals surface area contributed by atoms with Crippen molar-refractivity contribution < 1.29 is 48.5 Å². The molecule has 0 radical (unpaired) electrons. The summed E-state index contributed by atoms with van der Waals surface area (Å²) in [5, 5.41) is 28.7. The van der Waals surface area contributed by atoms with E-state index < -0.39 is 0 Å². The highest BCUT2D eigenvalue weighted by Crippen LogP contribution is 2.55. The maximum absolute atomic E-state index is 10.9. The lowest BCUT2D eigenvalue weighted by Gasteiger charge is -2.35. The molecule has 10 heteroatoms. The quantitative estimate of drug-likeness (QED) is 0.0969. The molecule has 0 bridgehead atoms. The van der Waals surface area contributed by atoms with Gasteiger partial charge in [0.15, 0.2) is 6.29 Å². The molecule has 0 aromatic carbocycles. The number of hydrogen-bond donors (Lipinski definition) is 3. The highest BCUT2D eigenvalue weighted by atomic mass is 16.7. The van der Waals surface area contributed by atoms with E-state index in [9.17, 15) is 10.2 Å². The van der Waals surface area contributed by atoms with E-state index >= 15 is 0 Å². The van der Waals surface area contributed by atoms with E-state index in [1.54, 1.807) is 35.5 Å². The second-order valence-corrected chi connectivity index (χ2v) is 17.7. The Balaban J connectivity index is 0.000000391. The van der Waals surface area contributed by atoms with E-state index in [1.165, 1.54) is 5.57 Å². The number of rotatable bonds is 21. The molecular weight excluding hydrogens is 749 g/mol. The van der Waals surface area contributed by atoms with Gasteiger partial charge in [-0.1, -0.05) is 84.9 Å². The van der Waals surface area contributed by atoms with Gasteiger partial charge >= 0.3 is 0 Å². The Morgan fingerprint density at radius 2 is 1.20 bits per heavy atom. The lowest BCUT2D eigenvalue weighted by atomic mass is 9.91. The molecule has 0 spiro atoms. The van der Waals surface area contributed by atoms with E-state index in [0.717, 1.165) is 64.2 Å². The van der Waals surface area contributed by atoms with Crippen LogP contribution in [0.1, 0.15) is 107 Å². The van der Waals surface area contributed by atoms with E-state index in [1.807, 2.05) is 6.08 Å². The molecule has 2 heterocycles. The minimum absolute atomic E-state index is 0.0392. The summed E-state index contributed by atoms with van der Waals surface area (Å²) in [5.74, 6) is 3.62. The van der Waals surface area contributed by atoms with Gasteiger partial charge in [0.25, 0.3) is 0 Å². The summed E-state index contributed by atoms with van der Waals surface area (Å²) in [6.45, 7) is 20.3. The summed E-state index contributed by atoms with van der Waals surface area (Å²) in [6.07, 6.45) is 19.4. The summed E-state index contributed by atoms with van der Waals surface area (Å²) in [4.78, 5) is 0. The molecule has 0 aromatic heterocycles. The van der Waals surface area contributed by atoms with Crippen molar-refractivity contribution in [1.82, 2.24) is 0 Å². The molecule has 2 aliphatic carbocycles. The fraction of sp³-hybridized carbons (Fsp3) is 0.837. The largest absolute Gasteiger partial charge is 0.400 e. The number of allylic oxidation sites excluding steroid dienone is 4. The standard InChI is InChI=1S/C24H42O5.C24H42O4.CH4O/c1-8-20(26-5)17(4)18-14-19(18)23(25)15(2)10-9-11-16(3)24-21(27-6)12-13-22(28-7)29-24;1-8-19(26-6)17(4)21-18(5)22(21)23(25)15(2)11-9-12-16(3)24-20(27-7)13-10-14-28-24;1-2/h9-11,15,17-25H,8,12-14H2,1-7H3;9,11-12,15,17-25H,8,10,13-14H2,1-7H3;2H,1H3/b10-9+,16-11+;11-9+,16-12+;/t15?,17?,18?,19?,20?,21-,22-,23?,24?;15?,17?,18-,19?,20?,21?,22?,23?,24?;/m11./s1. The van der Waals surface area contributed by atoms with Crippen molar-refractivity contribution in [2.24, 2.45) is 53.3 Å². The van der Waals surface area contributed by atoms with Gasteiger partial charge in [0.1, 0.15) is 12.2 Å². The average Bonchev–Trinajstić information content (AvgIpc) is 4.19. The Morgan fingerprint density at radius 3 is 1.73 bits per heavy atom. The fourth-order valence-electron chi connectivity index (χ4n) is 10.1. The third kappa shape index (κ3) is 15.4. The predicted octanol–water partition coefficient (Wildman–Crippen LogP) is 8.58. The Kier molecular flexibility index (Phi) is 25.1. The lowest BCUT2D eigenvalue weighted by molar-refractivity contribution is -0.205. The van der Waals surface area contributed by atoms with Crippen molar-refractivity contribution in [2.45, 2.75) is 162 Å². The summed E-state index contributed by atoms with van der Waals surface area (Å²) >= 11 is 0. The molecule has 0 aromatic rings. The van der Waals surface area contributed by atoms with Crippen LogP contribution in [0.3, 0.4) is 0 Å². The van der Waals surface area contributed by atoms with Crippen LogP contribution in [-0.4, -0.2) is 120 Å². The van der Waals surface area contributed by atoms with E-state index in [0.29, 0.717) is 41.4 Å². The number of methoxy groups -OCH3 is 5. The van der Waals surface area contributed by atoms with Crippen LogP contribution in [0.25, 0.3) is 0 Å². The van der Waals surface area contributed by atoms with Gasteiger partial charge in [-0.15, -0.1) is 0 Å². The van der Waals surface area contributed by atoms with E-state index in [2.05, 4.69) is 92.7 Å². The fourth-order valence-corrected chi connectivity index (χ4v) is 10.1. The van der Waals surface area contributed by atoms with E-state index in [4.69, 9.17) is 38.3 Å². The van der Waals surface area contributed by atoms with Gasteiger partial charge in [0.05, 0.1) is 36.6 Å². The SMILES string of the molecule is CCC(OC)C(C)C1C(C(O)C(C)/C=C/C=C(\C)C2OCCCC2OC)[C@@H]1C.CCC(OC)C(C)C1CC1C(O)C(C)/C=C/C=C(\C)C1O[C@@H](OC)CC[C@H]1OC.CO. The van der Waals surface area contributed by atoms with Crippen molar-refractivity contribution >= 4 is 0 Å². The molecule has 15 unspecified atom stereocenters. The summed E-state index contributed by atoms with van der Waals surface area (Å²) < 4.78 is 39.7. The molecule has 4 aliphatic rings. The molecule has 2 saturated heterocycles. The Bertz CT molecular complexity index is 1260. The second kappa shape index (κ2) is 27.6. The zero-order valence-corrected chi connectivity index (χ0v) is 39.7. The van der Waals surface area contributed by atoms with Crippen molar-refractivity contribution in [3.63, 3.8) is 0 Å². The normalized spacial score (nSPS) is 34.1. The number of ether oxygens (including phenoxy) is 7. The van der Waals surface area contributed by atoms with Gasteiger partial charge in [-0.25, -0.2) is 0 Å². The van der Waals surface area contributed by atoms with Gasteiger partial charge in [0, 0.05) is 67.5 Å². The van der Waals surface area contributed by atoms with Gasteiger partial charge in [-0.3, -0.25) is 0 Å². The highest BCUT2D eigenvalue weighted by molar-refractivity contribution is 5.19. The predicted molar refractivity (Wildman–Crippen MR) is 238 cm³/mol. The Morgan fingerprint density at radius 1 is 0.678 bits per heavy atom. The minimum Gasteiger partial charge on any atom is -0.400 e. The summed E-state index contributed by atoms with van der Waals surface area (Å²) in [7, 11) is 9.76. The Labute approximate surface area is 360 Å². The monoisotopic (exact) mass is 837 g/mol. The maximum atomic E-state index is 10.9. The first-order chi connectivity index (χ1) is 28.2. The molecule has 2 saturated carbocycles. The zero-order chi connectivity index (χ0) is 44.4. The first-order valence-electron chi connectivity index (χ1n) is 22.7. The molecule has 2 aliphatic heterocycles. The molecule has 18 atom stereocenters. The van der Waals surface area contributed by atoms with Crippen LogP contribution in [0.4, 0.5) is 0 Å². The zero-order valence-electron chi connectivity index (χ0n) is 39.7. The second-order valence-electron chi connectivity index (χ2n) is 17.7. The van der Waals surface area contributed by atoms with Gasteiger partial charge in [-0.05, 0) is 105 Å². The molecule has 0 amide bonds. The van der Waals surface area contributed by atoms with E-state index in [-0.39, 0.29) is 67.0 Å². The van der Waals surface area contributed by atoms with Crippen molar-refractivity contribution in [2.75, 3.05) is 49.3 Å².